The monoisotopic (exact) mass is 569 g/mol. The first-order valence-corrected chi connectivity index (χ1v) is 13.5. The number of carbonyl (C=O) groups excluding carboxylic acids is 1. The molecule has 5 rings (SSSR count). The Morgan fingerprint density at radius 2 is 1.54 bits per heavy atom. The van der Waals surface area contributed by atoms with Crippen LogP contribution >= 0.6 is 23.1 Å². The number of Topliss-reactive ketones (excluding diaryl/α,β-unsaturated/α-hetero) is 1. The molecule has 0 spiro atoms. The SMILES string of the molecule is C.CCN1C(=CC2=C(SC)C(=Cc3sc4ccccc4[n+]3CC)C2=O)N(CC)c2ccccc21.[Br-]. The number of hydrogen-bond acceptors (Lipinski definition) is 5. The average Bonchev–Trinajstić information content (AvgIpc) is 3.36. The maximum atomic E-state index is 13.4. The fourth-order valence-electron chi connectivity index (χ4n) is 4.79. The van der Waals surface area contributed by atoms with Crippen LogP contribution in [-0.4, -0.2) is 25.1 Å². The van der Waals surface area contributed by atoms with Crippen LogP contribution in [-0.2, 0) is 11.3 Å². The van der Waals surface area contributed by atoms with Crippen LogP contribution in [0.5, 0.6) is 0 Å². The molecule has 0 bridgehead atoms. The molecule has 0 amide bonds. The number of aryl methyl sites for hydroxylation is 1. The van der Waals surface area contributed by atoms with Gasteiger partial charge in [-0.2, -0.15) is 4.57 Å². The van der Waals surface area contributed by atoms with E-state index < -0.39 is 0 Å². The fourth-order valence-corrected chi connectivity index (χ4v) is 6.70. The van der Waals surface area contributed by atoms with Gasteiger partial charge >= 0.3 is 0 Å². The number of anilines is 2. The zero-order chi connectivity index (χ0) is 23.1. The molecule has 1 aromatic heterocycles. The van der Waals surface area contributed by atoms with Gasteiger partial charge in [0.1, 0.15) is 17.1 Å². The van der Waals surface area contributed by atoms with Crippen LogP contribution in [0, 0.1) is 0 Å². The molecule has 0 fully saturated rings. The topological polar surface area (TPSA) is 27.4 Å². The standard InChI is InChI=1S/C27H28N3OS2.CH4.BrH/c1-5-28-20-12-8-9-13-21(20)29(6-2)24(28)16-18-26(31)19(27(18)32-4)17-25-30(7-3)22-14-10-11-15-23(22)33-25;;/h8-17H,5-7H2,1-4H3;1H4;1H/q+1;;/p-1. The Labute approximate surface area is 227 Å². The number of aromatic nitrogens is 1. The predicted octanol–water partition coefficient (Wildman–Crippen LogP) is 3.64. The lowest BCUT2D eigenvalue weighted by atomic mass is 9.89. The Kier molecular flexibility index (Phi) is 8.67. The summed E-state index contributed by atoms with van der Waals surface area (Å²) in [6.07, 6.45) is 6.24. The van der Waals surface area contributed by atoms with Gasteiger partial charge in [0.25, 0.3) is 5.01 Å². The minimum Gasteiger partial charge on any atom is -1.00 e. The summed E-state index contributed by atoms with van der Waals surface area (Å²) < 4.78 is 3.54. The Morgan fingerprint density at radius 1 is 0.943 bits per heavy atom. The van der Waals surface area contributed by atoms with E-state index in [2.05, 4.69) is 102 Å². The van der Waals surface area contributed by atoms with Gasteiger partial charge < -0.3 is 26.8 Å². The molecule has 0 N–H and O–H groups in total. The Bertz CT molecular complexity index is 1320. The van der Waals surface area contributed by atoms with E-state index in [1.807, 2.05) is 0 Å². The van der Waals surface area contributed by atoms with Crippen LogP contribution in [0.4, 0.5) is 11.4 Å². The third-order valence-electron chi connectivity index (χ3n) is 6.33. The minimum absolute atomic E-state index is 0. The first-order valence-electron chi connectivity index (χ1n) is 11.4. The van der Waals surface area contributed by atoms with Crippen molar-refractivity contribution in [2.45, 2.75) is 34.7 Å². The number of fused-ring (bicyclic) bond motifs is 2. The summed E-state index contributed by atoms with van der Waals surface area (Å²) >= 11 is 3.41. The normalized spacial score (nSPS) is 15.8. The van der Waals surface area contributed by atoms with Crippen molar-refractivity contribution in [3.05, 3.63) is 81.5 Å². The lowest BCUT2D eigenvalue weighted by Crippen LogP contribution is -3.00. The summed E-state index contributed by atoms with van der Waals surface area (Å²) in [7, 11) is 0. The van der Waals surface area contributed by atoms with Crippen LogP contribution in [0.3, 0.4) is 0 Å². The molecule has 184 valence electrons. The van der Waals surface area contributed by atoms with Crippen LogP contribution in [0.2, 0.25) is 0 Å². The van der Waals surface area contributed by atoms with Gasteiger partial charge in [-0.3, -0.25) is 4.79 Å². The number of halogens is 1. The summed E-state index contributed by atoms with van der Waals surface area (Å²) in [5.74, 6) is 1.22. The molecule has 0 saturated carbocycles. The van der Waals surface area contributed by atoms with E-state index in [0.29, 0.717) is 0 Å². The van der Waals surface area contributed by atoms with E-state index in [4.69, 9.17) is 0 Å². The quantitative estimate of drug-likeness (QED) is 0.334. The molecular formula is C28H32BrN3OS2. The van der Waals surface area contributed by atoms with Crippen molar-refractivity contribution >= 4 is 56.5 Å². The molecule has 2 heterocycles. The Balaban J connectivity index is 0.00000171. The number of benzene rings is 2. The number of allylic oxidation sites excluding steroid dienone is 3. The van der Waals surface area contributed by atoms with Crippen molar-refractivity contribution in [2.75, 3.05) is 29.1 Å². The van der Waals surface area contributed by atoms with Gasteiger partial charge in [0.2, 0.25) is 5.52 Å². The van der Waals surface area contributed by atoms with Gasteiger partial charge in [-0.1, -0.05) is 43.0 Å². The molecule has 4 nitrogen and oxygen atoms in total. The summed E-state index contributed by atoms with van der Waals surface area (Å²) in [6.45, 7) is 9.06. The first-order chi connectivity index (χ1) is 16.1. The van der Waals surface area contributed by atoms with Crippen molar-refractivity contribution in [3.63, 3.8) is 0 Å². The molecule has 0 saturated heterocycles. The number of para-hydroxylation sites is 3. The van der Waals surface area contributed by atoms with Gasteiger partial charge in [0, 0.05) is 41.3 Å². The highest BCUT2D eigenvalue weighted by Gasteiger charge is 2.36. The molecular weight excluding hydrogens is 538 g/mol. The number of rotatable bonds is 6. The smallest absolute Gasteiger partial charge is 0.263 e. The molecule has 0 radical (unpaired) electrons. The van der Waals surface area contributed by atoms with Crippen molar-refractivity contribution in [3.8, 4) is 0 Å². The van der Waals surface area contributed by atoms with Crippen molar-refractivity contribution < 1.29 is 26.3 Å². The molecule has 0 atom stereocenters. The van der Waals surface area contributed by atoms with Crippen molar-refractivity contribution in [1.82, 2.24) is 0 Å². The number of ketones is 1. The summed E-state index contributed by atoms with van der Waals surface area (Å²) in [4.78, 5) is 19.1. The van der Waals surface area contributed by atoms with Gasteiger partial charge in [-0.05, 0) is 51.3 Å². The molecule has 1 aliphatic heterocycles. The number of thiazole rings is 1. The lowest BCUT2D eigenvalue weighted by molar-refractivity contribution is -0.665. The summed E-state index contributed by atoms with van der Waals surface area (Å²) in [6, 6.07) is 16.9. The van der Waals surface area contributed by atoms with Gasteiger partial charge in [0.05, 0.1) is 11.4 Å². The third-order valence-corrected chi connectivity index (χ3v) is 8.29. The Morgan fingerprint density at radius 3 is 2.11 bits per heavy atom. The second kappa shape index (κ2) is 11.1. The molecule has 1 aliphatic carbocycles. The first kappa shape index (κ1) is 27.2. The third kappa shape index (κ3) is 4.39. The number of carbonyl (C=O) groups is 1. The Hall–Kier alpha value is -2.35. The number of thioether (sulfide) groups is 1. The predicted molar refractivity (Wildman–Crippen MR) is 149 cm³/mol. The van der Waals surface area contributed by atoms with E-state index in [1.165, 1.54) is 21.6 Å². The zero-order valence-electron chi connectivity index (χ0n) is 19.8. The van der Waals surface area contributed by atoms with Crippen LogP contribution in [0.15, 0.2) is 76.5 Å². The van der Waals surface area contributed by atoms with Crippen LogP contribution in [0.25, 0.3) is 16.3 Å². The highest BCUT2D eigenvalue weighted by Crippen LogP contribution is 2.45. The van der Waals surface area contributed by atoms with E-state index in [1.54, 1.807) is 23.1 Å². The van der Waals surface area contributed by atoms with E-state index in [9.17, 15) is 4.79 Å². The minimum atomic E-state index is 0. The second-order valence-electron chi connectivity index (χ2n) is 7.97. The highest BCUT2D eigenvalue weighted by molar-refractivity contribution is 8.02. The molecule has 35 heavy (non-hydrogen) atoms. The second-order valence-corrected chi connectivity index (χ2v) is 9.84. The zero-order valence-corrected chi connectivity index (χ0v) is 23.1. The summed E-state index contributed by atoms with van der Waals surface area (Å²) in [5, 5.41) is 1.12. The number of hydrogen-bond donors (Lipinski definition) is 0. The van der Waals surface area contributed by atoms with Crippen LogP contribution in [0.1, 0.15) is 33.2 Å². The molecule has 0 unspecified atom stereocenters. The van der Waals surface area contributed by atoms with Crippen molar-refractivity contribution in [1.29, 1.82) is 0 Å². The maximum Gasteiger partial charge on any atom is 0.263 e. The van der Waals surface area contributed by atoms with E-state index in [0.717, 1.165) is 46.5 Å². The van der Waals surface area contributed by atoms with Gasteiger partial charge in [0.15, 0.2) is 5.78 Å². The van der Waals surface area contributed by atoms with E-state index >= 15 is 0 Å². The lowest BCUT2D eigenvalue weighted by Gasteiger charge is -2.27. The maximum absolute atomic E-state index is 13.4. The number of nitrogens with zero attached hydrogens (tertiary/aromatic N) is 3. The van der Waals surface area contributed by atoms with Crippen molar-refractivity contribution in [2.24, 2.45) is 0 Å². The molecule has 3 aromatic rings. The highest BCUT2D eigenvalue weighted by atomic mass is 79.9. The molecule has 2 aliphatic rings. The largest absolute Gasteiger partial charge is 1.00 e. The average molecular weight is 571 g/mol. The van der Waals surface area contributed by atoms with Gasteiger partial charge in [-0.25, -0.2) is 0 Å². The molecule has 7 heteroatoms. The summed E-state index contributed by atoms with van der Waals surface area (Å²) in [5.41, 5.74) is 5.27. The fraction of sp³-hybridized carbons (Fsp3) is 0.286. The van der Waals surface area contributed by atoms with E-state index in [-0.39, 0.29) is 30.2 Å². The van der Waals surface area contributed by atoms with Crippen LogP contribution < -0.4 is 31.3 Å². The molecule has 2 aromatic carbocycles. The van der Waals surface area contributed by atoms with Gasteiger partial charge in [-0.15, -0.1) is 11.8 Å².